The van der Waals surface area contributed by atoms with E-state index in [1.165, 1.54) is 12.1 Å². The lowest BCUT2D eigenvalue weighted by Crippen LogP contribution is -2.16. The van der Waals surface area contributed by atoms with E-state index < -0.39 is 17.6 Å². The summed E-state index contributed by atoms with van der Waals surface area (Å²) in [5.74, 6) is -0.872. The van der Waals surface area contributed by atoms with Crippen molar-refractivity contribution in [3.05, 3.63) is 53.4 Å². The summed E-state index contributed by atoms with van der Waals surface area (Å²) in [7, 11) is 0. The number of nitrogens with one attached hydrogen (secondary N) is 1. The van der Waals surface area contributed by atoms with Gasteiger partial charge in [0, 0.05) is 17.4 Å². The monoisotopic (exact) mass is 328 g/mol. The summed E-state index contributed by atoms with van der Waals surface area (Å²) < 4.78 is 24.1. The number of furan rings is 2. The lowest BCUT2D eigenvalue weighted by Gasteiger charge is -2.02. The third-order valence-corrected chi connectivity index (χ3v) is 3.94. The predicted octanol–water partition coefficient (Wildman–Crippen LogP) is 3.39. The first-order valence-corrected chi connectivity index (χ1v) is 7.46. The van der Waals surface area contributed by atoms with E-state index in [1.54, 1.807) is 12.1 Å². The van der Waals surface area contributed by atoms with Crippen LogP contribution in [0.3, 0.4) is 0 Å². The Hall–Kier alpha value is -3.09. The van der Waals surface area contributed by atoms with E-state index in [-0.39, 0.29) is 22.8 Å². The number of carbonyl (C=O) groups excluding carboxylic acids is 2. The van der Waals surface area contributed by atoms with Crippen LogP contribution >= 0.6 is 0 Å². The molecule has 1 aromatic carbocycles. The summed E-state index contributed by atoms with van der Waals surface area (Å²) >= 11 is 0. The van der Waals surface area contributed by atoms with Crippen molar-refractivity contribution >= 4 is 28.5 Å². The summed E-state index contributed by atoms with van der Waals surface area (Å²) in [6.45, 7) is 0. The number of carbonyl (C=O) groups is 2. The molecular weight excluding hydrogens is 315 g/mol. The van der Waals surface area contributed by atoms with Crippen LogP contribution in [0.25, 0.3) is 11.0 Å². The zero-order valence-electron chi connectivity index (χ0n) is 12.5. The Kier molecular flexibility index (Phi) is 3.16. The minimum atomic E-state index is -0.861. The minimum absolute atomic E-state index is 0.104. The van der Waals surface area contributed by atoms with Crippen LogP contribution in [-0.2, 0) is 0 Å². The summed E-state index contributed by atoms with van der Waals surface area (Å²) in [6, 6.07) is 7.08. The Morgan fingerprint density at radius 1 is 1.17 bits per heavy atom. The van der Waals surface area contributed by atoms with Gasteiger partial charge in [-0.15, -0.1) is 0 Å². The fourth-order valence-electron chi connectivity index (χ4n) is 2.61. The highest BCUT2D eigenvalue weighted by Gasteiger charge is 2.28. The zero-order valence-corrected chi connectivity index (χ0v) is 12.5. The Bertz CT molecular complexity index is 968. The highest BCUT2D eigenvalue weighted by Crippen LogP contribution is 2.41. The molecule has 0 aliphatic heterocycles. The average Bonchev–Trinajstić information content (AvgIpc) is 3.16. The number of anilines is 1. The van der Waals surface area contributed by atoms with E-state index >= 15 is 0 Å². The normalized spacial score (nSPS) is 14.0. The maximum atomic E-state index is 13.3. The summed E-state index contributed by atoms with van der Waals surface area (Å²) in [6.07, 6.45) is 2.11. The van der Waals surface area contributed by atoms with Gasteiger partial charge in [0.2, 0.25) is 5.76 Å². The number of amides is 2. The van der Waals surface area contributed by atoms with Crippen LogP contribution in [0, 0.1) is 5.82 Å². The van der Waals surface area contributed by atoms with E-state index in [1.807, 2.05) is 0 Å². The molecule has 1 aliphatic rings. The molecule has 0 spiro atoms. The van der Waals surface area contributed by atoms with Gasteiger partial charge in [-0.2, -0.15) is 0 Å². The smallest absolute Gasteiger partial charge is 0.291 e. The van der Waals surface area contributed by atoms with Crippen LogP contribution in [-0.4, -0.2) is 11.8 Å². The molecule has 0 atom stereocenters. The van der Waals surface area contributed by atoms with E-state index in [2.05, 4.69) is 5.32 Å². The van der Waals surface area contributed by atoms with Crippen molar-refractivity contribution in [2.24, 2.45) is 5.73 Å². The van der Waals surface area contributed by atoms with Gasteiger partial charge in [-0.3, -0.25) is 9.59 Å². The van der Waals surface area contributed by atoms with Crippen molar-refractivity contribution in [1.82, 2.24) is 0 Å². The van der Waals surface area contributed by atoms with Gasteiger partial charge in [0.05, 0.1) is 0 Å². The molecule has 4 rings (SSSR count). The summed E-state index contributed by atoms with van der Waals surface area (Å²) in [5.41, 5.74) is 5.51. The van der Waals surface area contributed by atoms with Crippen molar-refractivity contribution in [3.63, 3.8) is 0 Å². The number of primary amides is 1. The standard InChI is InChI=1S/C17H13FN2O4/c18-9-3-4-10-13(7-9)24-15(16(19)21)14(10)20-17(22)12-6-5-11(23-12)8-1-2-8/h3-8H,1-2H2,(H2,19,21)(H,20,22). The van der Waals surface area contributed by atoms with Crippen molar-refractivity contribution in [2.45, 2.75) is 18.8 Å². The number of rotatable bonds is 4. The van der Waals surface area contributed by atoms with Crippen molar-refractivity contribution in [1.29, 1.82) is 0 Å². The largest absolute Gasteiger partial charge is 0.456 e. The number of benzene rings is 1. The first-order chi connectivity index (χ1) is 11.5. The highest BCUT2D eigenvalue weighted by atomic mass is 19.1. The summed E-state index contributed by atoms with van der Waals surface area (Å²) in [5, 5.41) is 2.96. The third-order valence-electron chi connectivity index (χ3n) is 3.94. The molecule has 122 valence electrons. The van der Waals surface area contributed by atoms with Crippen LogP contribution in [0.1, 0.15) is 45.6 Å². The Labute approximate surface area is 135 Å². The molecule has 7 heteroatoms. The van der Waals surface area contributed by atoms with Gasteiger partial charge in [-0.1, -0.05) is 0 Å². The molecular formula is C17H13FN2O4. The summed E-state index contributed by atoms with van der Waals surface area (Å²) in [4.78, 5) is 23.9. The van der Waals surface area contributed by atoms with Gasteiger partial charge in [-0.25, -0.2) is 4.39 Å². The van der Waals surface area contributed by atoms with Gasteiger partial charge < -0.3 is 19.9 Å². The maximum Gasteiger partial charge on any atom is 0.291 e. The van der Waals surface area contributed by atoms with Crippen LogP contribution < -0.4 is 11.1 Å². The van der Waals surface area contributed by atoms with Crippen LogP contribution in [0.4, 0.5) is 10.1 Å². The van der Waals surface area contributed by atoms with Gasteiger partial charge >= 0.3 is 0 Å². The molecule has 2 aromatic heterocycles. The molecule has 24 heavy (non-hydrogen) atoms. The molecule has 0 radical (unpaired) electrons. The molecule has 1 fully saturated rings. The Morgan fingerprint density at radius 2 is 1.96 bits per heavy atom. The fourth-order valence-corrected chi connectivity index (χ4v) is 2.61. The molecule has 1 aliphatic carbocycles. The lowest BCUT2D eigenvalue weighted by atomic mass is 10.2. The number of hydrogen-bond donors (Lipinski definition) is 2. The number of nitrogens with two attached hydrogens (primary N) is 1. The fraction of sp³-hybridized carbons (Fsp3) is 0.176. The highest BCUT2D eigenvalue weighted by molar-refractivity contribution is 6.13. The molecule has 0 saturated heterocycles. The molecule has 6 nitrogen and oxygen atoms in total. The molecule has 1 saturated carbocycles. The van der Waals surface area contributed by atoms with Crippen molar-refractivity contribution in [3.8, 4) is 0 Å². The number of hydrogen-bond acceptors (Lipinski definition) is 4. The third kappa shape index (κ3) is 2.44. The van der Waals surface area contributed by atoms with Gasteiger partial charge in [0.15, 0.2) is 5.76 Å². The molecule has 0 bridgehead atoms. The Morgan fingerprint density at radius 3 is 2.67 bits per heavy atom. The number of halogens is 1. The predicted molar refractivity (Wildman–Crippen MR) is 83.3 cm³/mol. The second-order valence-electron chi connectivity index (χ2n) is 5.74. The maximum absolute atomic E-state index is 13.3. The second-order valence-corrected chi connectivity index (χ2v) is 5.74. The number of fused-ring (bicyclic) bond motifs is 1. The molecule has 0 unspecified atom stereocenters. The Balaban J connectivity index is 1.70. The van der Waals surface area contributed by atoms with E-state index in [9.17, 15) is 14.0 Å². The van der Waals surface area contributed by atoms with Gasteiger partial charge in [0.1, 0.15) is 22.8 Å². The zero-order chi connectivity index (χ0) is 16.8. The minimum Gasteiger partial charge on any atom is -0.456 e. The molecule has 2 amide bonds. The topological polar surface area (TPSA) is 98.5 Å². The van der Waals surface area contributed by atoms with E-state index in [0.717, 1.165) is 24.7 Å². The quantitative estimate of drug-likeness (QED) is 0.767. The van der Waals surface area contributed by atoms with Crippen molar-refractivity contribution in [2.75, 3.05) is 5.32 Å². The first-order valence-electron chi connectivity index (χ1n) is 7.46. The first kappa shape index (κ1) is 14.5. The van der Waals surface area contributed by atoms with Crippen molar-refractivity contribution < 1.29 is 22.8 Å². The van der Waals surface area contributed by atoms with Gasteiger partial charge in [0.25, 0.3) is 11.8 Å². The van der Waals surface area contributed by atoms with Crippen LogP contribution in [0.2, 0.25) is 0 Å². The molecule has 3 aromatic rings. The van der Waals surface area contributed by atoms with Crippen LogP contribution in [0.5, 0.6) is 0 Å². The van der Waals surface area contributed by atoms with Gasteiger partial charge in [-0.05, 0) is 37.1 Å². The van der Waals surface area contributed by atoms with Crippen LogP contribution in [0.15, 0.2) is 39.2 Å². The van der Waals surface area contributed by atoms with E-state index in [4.69, 9.17) is 14.6 Å². The second kappa shape index (κ2) is 5.23. The SMILES string of the molecule is NC(=O)c1oc2cc(F)ccc2c1NC(=O)c1ccc(C2CC2)o1. The molecule has 2 heterocycles. The van der Waals surface area contributed by atoms with E-state index in [0.29, 0.717) is 11.3 Å². The lowest BCUT2D eigenvalue weighted by molar-refractivity contribution is 0.0977. The average molecular weight is 328 g/mol. The molecule has 3 N–H and O–H groups in total.